The zero-order valence-corrected chi connectivity index (χ0v) is 56.2. The summed E-state index contributed by atoms with van der Waals surface area (Å²) in [6, 6.07) is -0.542. The third kappa shape index (κ3) is 69.1. The van der Waals surface area contributed by atoms with E-state index in [1.807, 2.05) is 0 Å². The SMILES string of the molecule is CCCCCCCC/C=C\CCCCCCCCCC(=O)OCCCCCCCCCCC/C=C\C/C=C\CCCCCCCCCCCCCCCCCC(=O)NC(CO)C(O)CCCCCCCCCCCCCCCCCCCC. The largest absolute Gasteiger partial charge is 0.466 e. The Hall–Kier alpha value is -1.92. The highest BCUT2D eigenvalue weighted by Gasteiger charge is 2.20. The highest BCUT2D eigenvalue weighted by molar-refractivity contribution is 5.76. The van der Waals surface area contributed by atoms with E-state index in [2.05, 4.69) is 55.6 Å². The second-order valence-corrected chi connectivity index (χ2v) is 26.0. The third-order valence-electron chi connectivity index (χ3n) is 17.7. The van der Waals surface area contributed by atoms with Crippen molar-refractivity contribution < 1.29 is 24.5 Å². The lowest BCUT2D eigenvalue weighted by atomic mass is 10.0. The number of hydrogen-bond acceptors (Lipinski definition) is 5. The summed E-state index contributed by atoms with van der Waals surface area (Å²) in [5.74, 6) is -0.0201. The monoisotopic (exact) mass is 1170 g/mol. The van der Waals surface area contributed by atoms with Crippen molar-refractivity contribution in [1.29, 1.82) is 0 Å². The topological polar surface area (TPSA) is 95.9 Å². The molecule has 0 aliphatic carbocycles. The van der Waals surface area contributed by atoms with Gasteiger partial charge in [0.05, 0.1) is 25.4 Å². The molecule has 0 spiro atoms. The van der Waals surface area contributed by atoms with Crippen LogP contribution >= 0.6 is 0 Å². The molecule has 3 N–H and O–H groups in total. The first-order chi connectivity index (χ1) is 41.0. The maximum absolute atomic E-state index is 12.5. The van der Waals surface area contributed by atoms with Crippen LogP contribution in [0.2, 0.25) is 0 Å². The number of hydrogen-bond donors (Lipinski definition) is 3. The molecule has 0 radical (unpaired) electrons. The minimum Gasteiger partial charge on any atom is -0.466 e. The van der Waals surface area contributed by atoms with Gasteiger partial charge in [0.2, 0.25) is 5.91 Å². The van der Waals surface area contributed by atoms with Gasteiger partial charge >= 0.3 is 5.97 Å². The predicted molar refractivity (Wildman–Crippen MR) is 366 cm³/mol. The van der Waals surface area contributed by atoms with E-state index in [0.717, 1.165) is 51.4 Å². The van der Waals surface area contributed by atoms with Crippen molar-refractivity contribution in [2.24, 2.45) is 0 Å². The minimum atomic E-state index is -0.665. The molecule has 6 heteroatoms. The van der Waals surface area contributed by atoms with E-state index in [9.17, 15) is 19.8 Å². The molecule has 0 aliphatic heterocycles. The van der Waals surface area contributed by atoms with Gasteiger partial charge in [0.15, 0.2) is 0 Å². The van der Waals surface area contributed by atoms with Crippen molar-refractivity contribution in [3.63, 3.8) is 0 Å². The Morgan fingerprint density at radius 2 is 0.602 bits per heavy atom. The fourth-order valence-corrected chi connectivity index (χ4v) is 11.9. The van der Waals surface area contributed by atoms with Crippen LogP contribution in [0.5, 0.6) is 0 Å². The van der Waals surface area contributed by atoms with Crippen LogP contribution in [0.1, 0.15) is 418 Å². The zero-order chi connectivity index (χ0) is 59.9. The van der Waals surface area contributed by atoms with Crippen molar-refractivity contribution in [2.75, 3.05) is 13.2 Å². The van der Waals surface area contributed by atoms with Gasteiger partial charge in [-0.2, -0.15) is 0 Å². The summed E-state index contributed by atoms with van der Waals surface area (Å²) >= 11 is 0. The van der Waals surface area contributed by atoms with Gasteiger partial charge in [-0.15, -0.1) is 0 Å². The van der Waals surface area contributed by atoms with Crippen LogP contribution in [0.3, 0.4) is 0 Å². The van der Waals surface area contributed by atoms with Gasteiger partial charge < -0.3 is 20.3 Å². The number of amides is 1. The Kier molecular flexibility index (Phi) is 70.9. The number of rotatable bonds is 71. The van der Waals surface area contributed by atoms with Crippen molar-refractivity contribution in [3.8, 4) is 0 Å². The van der Waals surface area contributed by atoms with Gasteiger partial charge in [-0.1, -0.05) is 359 Å². The number of aliphatic hydroxyl groups excluding tert-OH is 2. The lowest BCUT2D eigenvalue weighted by Crippen LogP contribution is -2.45. The summed E-state index contributed by atoms with van der Waals surface area (Å²) in [4.78, 5) is 24.6. The molecule has 0 fully saturated rings. The van der Waals surface area contributed by atoms with Crippen LogP contribution in [0.15, 0.2) is 36.5 Å². The van der Waals surface area contributed by atoms with Crippen molar-refractivity contribution in [2.45, 2.75) is 431 Å². The molecule has 0 heterocycles. The lowest BCUT2D eigenvalue weighted by Gasteiger charge is -2.22. The number of allylic oxidation sites excluding steroid dienone is 6. The average Bonchev–Trinajstić information content (AvgIpc) is 3.49. The molecule has 83 heavy (non-hydrogen) atoms. The molecule has 0 bridgehead atoms. The Labute approximate surface area is 519 Å². The molecule has 0 aliphatic rings. The molecular weight excluding hydrogens is 1020 g/mol. The second-order valence-electron chi connectivity index (χ2n) is 26.0. The van der Waals surface area contributed by atoms with Crippen molar-refractivity contribution >= 4 is 11.9 Å². The van der Waals surface area contributed by atoms with Crippen LogP contribution in [-0.2, 0) is 14.3 Å². The van der Waals surface area contributed by atoms with Gasteiger partial charge in [0.25, 0.3) is 0 Å². The van der Waals surface area contributed by atoms with Crippen LogP contribution < -0.4 is 5.32 Å². The van der Waals surface area contributed by atoms with E-state index in [-0.39, 0.29) is 18.5 Å². The van der Waals surface area contributed by atoms with Crippen molar-refractivity contribution in [1.82, 2.24) is 5.32 Å². The minimum absolute atomic E-state index is 0.0105. The van der Waals surface area contributed by atoms with E-state index in [1.54, 1.807) is 0 Å². The predicted octanol–water partition coefficient (Wildman–Crippen LogP) is 24.7. The van der Waals surface area contributed by atoms with E-state index >= 15 is 0 Å². The lowest BCUT2D eigenvalue weighted by molar-refractivity contribution is -0.143. The molecule has 6 nitrogen and oxygen atoms in total. The van der Waals surface area contributed by atoms with Gasteiger partial charge in [-0.25, -0.2) is 0 Å². The molecule has 0 aromatic heterocycles. The van der Waals surface area contributed by atoms with E-state index < -0.39 is 12.1 Å². The smallest absolute Gasteiger partial charge is 0.305 e. The molecule has 0 rings (SSSR count). The molecule has 2 atom stereocenters. The number of ether oxygens (including phenoxy) is 1. The van der Waals surface area contributed by atoms with E-state index in [1.165, 1.54) is 334 Å². The summed E-state index contributed by atoms with van der Waals surface area (Å²) < 4.78 is 5.50. The fraction of sp³-hybridized carbons (Fsp3) is 0.896. The first-order valence-corrected chi connectivity index (χ1v) is 37.7. The molecule has 1 amide bonds. The second kappa shape index (κ2) is 72.6. The van der Waals surface area contributed by atoms with Crippen LogP contribution in [-0.4, -0.2) is 47.4 Å². The molecule has 0 aromatic carbocycles. The molecular formula is C77H147NO5. The summed E-state index contributed by atoms with van der Waals surface area (Å²) in [6.07, 6.45) is 93.5. The molecule has 0 aromatic rings. The molecule has 0 saturated heterocycles. The first kappa shape index (κ1) is 81.1. The maximum Gasteiger partial charge on any atom is 0.305 e. The quantitative estimate of drug-likeness (QED) is 0.0320. The highest BCUT2D eigenvalue weighted by Crippen LogP contribution is 2.19. The summed E-state index contributed by atoms with van der Waals surface area (Å²) in [5, 5.41) is 23.4. The van der Waals surface area contributed by atoms with E-state index in [0.29, 0.717) is 25.9 Å². The van der Waals surface area contributed by atoms with Gasteiger partial charge in [0.1, 0.15) is 0 Å². The third-order valence-corrected chi connectivity index (χ3v) is 17.7. The molecule has 490 valence electrons. The normalized spacial score (nSPS) is 12.7. The summed E-state index contributed by atoms with van der Waals surface area (Å²) in [7, 11) is 0. The first-order valence-electron chi connectivity index (χ1n) is 37.7. The van der Waals surface area contributed by atoms with E-state index in [4.69, 9.17) is 4.74 Å². The van der Waals surface area contributed by atoms with Gasteiger partial charge in [0, 0.05) is 12.8 Å². The Bertz CT molecular complexity index is 1340. The number of unbranched alkanes of at least 4 members (excludes halogenated alkanes) is 54. The van der Waals surface area contributed by atoms with Crippen LogP contribution in [0.25, 0.3) is 0 Å². The average molecular weight is 1170 g/mol. The maximum atomic E-state index is 12.5. The fourth-order valence-electron chi connectivity index (χ4n) is 11.9. The Morgan fingerprint density at radius 1 is 0.337 bits per heavy atom. The van der Waals surface area contributed by atoms with Gasteiger partial charge in [-0.3, -0.25) is 9.59 Å². The highest BCUT2D eigenvalue weighted by atomic mass is 16.5. The summed E-state index contributed by atoms with van der Waals surface area (Å²) in [5.41, 5.74) is 0. The number of carbonyl (C=O) groups is 2. The Morgan fingerprint density at radius 3 is 0.928 bits per heavy atom. The number of aliphatic hydroxyl groups is 2. The number of carbonyl (C=O) groups excluding carboxylic acids is 2. The number of esters is 1. The van der Waals surface area contributed by atoms with Crippen LogP contribution in [0, 0.1) is 0 Å². The Balaban J connectivity index is 3.38. The molecule has 2 unspecified atom stereocenters. The molecule has 0 saturated carbocycles. The standard InChI is InChI=1S/C77H147NO5/c1-3-5-7-9-11-13-15-17-19-21-38-41-45-49-53-57-61-65-69-75(80)74(73-79)78-76(81)70-66-62-58-54-50-46-42-39-35-33-31-29-27-25-23-22-24-26-28-30-32-34-36-40-44-48-52-56-60-64-68-72-83-77(82)71-67-63-59-55-51-47-43-37-20-18-16-14-12-10-8-6-4-2/h18,20,24,26,30,32,74-75,79-80H,3-17,19,21-23,25,27-29,31,33-73H2,1-2H3,(H,78,81)/b20-18-,26-24-,32-30-. The number of nitrogens with one attached hydrogen (secondary N) is 1. The van der Waals surface area contributed by atoms with Crippen molar-refractivity contribution in [3.05, 3.63) is 36.5 Å². The van der Waals surface area contributed by atoms with Gasteiger partial charge in [-0.05, 0) is 83.5 Å². The van der Waals surface area contributed by atoms with Crippen LogP contribution in [0.4, 0.5) is 0 Å². The zero-order valence-electron chi connectivity index (χ0n) is 56.2. The summed E-state index contributed by atoms with van der Waals surface area (Å²) in [6.45, 7) is 4.98.